The standard InChI is InChI=1S/C12H15F3N2O4S/c1-3-21-10(19)4-9-17(8(18)5-22-9)7(2)11(20)16-6-12(13,14)15/h4,7H,3,5-6H2,1-2H3,(H,16,20)/b9-4-. The van der Waals surface area contributed by atoms with Crippen LogP contribution in [0.3, 0.4) is 0 Å². The van der Waals surface area contributed by atoms with E-state index in [-0.39, 0.29) is 17.4 Å². The molecule has 1 atom stereocenters. The lowest BCUT2D eigenvalue weighted by Crippen LogP contribution is -2.47. The first kappa shape index (κ1) is 18.3. The molecule has 124 valence electrons. The molecular weight excluding hydrogens is 325 g/mol. The topological polar surface area (TPSA) is 75.7 Å². The van der Waals surface area contributed by atoms with Crippen LogP contribution < -0.4 is 5.32 Å². The molecule has 0 aromatic rings. The second-order valence-corrected chi connectivity index (χ2v) is 5.29. The molecule has 1 heterocycles. The van der Waals surface area contributed by atoms with Crippen LogP contribution in [0.2, 0.25) is 0 Å². The molecule has 1 fully saturated rings. The largest absolute Gasteiger partial charge is 0.463 e. The molecule has 0 aromatic carbocycles. The third-order valence-electron chi connectivity index (χ3n) is 2.61. The number of halogens is 3. The molecule has 0 aromatic heterocycles. The van der Waals surface area contributed by atoms with E-state index in [9.17, 15) is 27.6 Å². The average Bonchev–Trinajstić information content (AvgIpc) is 2.75. The molecule has 10 heteroatoms. The maximum absolute atomic E-state index is 12.1. The summed E-state index contributed by atoms with van der Waals surface area (Å²) in [4.78, 5) is 35.9. The van der Waals surface area contributed by atoms with Crippen molar-refractivity contribution in [1.82, 2.24) is 10.2 Å². The molecule has 0 radical (unpaired) electrons. The van der Waals surface area contributed by atoms with Crippen LogP contribution in [-0.2, 0) is 19.1 Å². The molecule has 22 heavy (non-hydrogen) atoms. The van der Waals surface area contributed by atoms with Gasteiger partial charge in [-0.25, -0.2) is 4.79 Å². The van der Waals surface area contributed by atoms with Gasteiger partial charge in [0.1, 0.15) is 12.6 Å². The van der Waals surface area contributed by atoms with Crippen molar-refractivity contribution < 1.29 is 32.3 Å². The normalized spacial score (nSPS) is 18.5. The van der Waals surface area contributed by atoms with Gasteiger partial charge in [0.25, 0.3) is 0 Å². The van der Waals surface area contributed by atoms with E-state index < -0.39 is 36.5 Å². The summed E-state index contributed by atoms with van der Waals surface area (Å²) < 4.78 is 41.0. The van der Waals surface area contributed by atoms with Crippen molar-refractivity contribution in [3.8, 4) is 0 Å². The van der Waals surface area contributed by atoms with Gasteiger partial charge in [-0.05, 0) is 13.8 Å². The zero-order chi connectivity index (χ0) is 16.9. The lowest BCUT2D eigenvalue weighted by molar-refractivity contribution is -0.143. The Hall–Kier alpha value is -1.71. The summed E-state index contributed by atoms with van der Waals surface area (Å²) in [5.41, 5.74) is 0. The van der Waals surface area contributed by atoms with Crippen molar-refractivity contribution in [3.63, 3.8) is 0 Å². The molecule has 0 bridgehead atoms. The van der Waals surface area contributed by atoms with Gasteiger partial charge >= 0.3 is 12.1 Å². The van der Waals surface area contributed by atoms with Gasteiger partial charge in [0.2, 0.25) is 11.8 Å². The monoisotopic (exact) mass is 340 g/mol. The number of carbonyl (C=O) groups is 3. The van der Waals surface area contributed by atoms with Crippen molar-refractivity contribution in [2.75, 3.05) is 18.9 Å². The minimum Gasteiger partial charge on any atom is -0.463 e. The highest BCUT2D eigenvalue weighted by molar-refractivity contribution is 8.04. The van der Waals surface area contributed by atoms with Crippen LogP contribution in [0.1, 0.15) is 13.8 Å². The smallest absolute Gasteiger partial charge is 0.405 e. The highest BCUT2D eigenvalue weighted by Gasteiger charge is 2.36. The number of esters is 1. The molecule has 1 aliphatic heterocycles. The van der Waals surface area contributed by atoms with Gasteiger partial charge in [0.15, 0.2) is 0 Å². The lowest BCUT2D eigenvalue weighted by atomic mass is 10.2. The highest BCUT2D eigenvalue weighted by Crippen LogP contribution is 2.31. The van der Waals surface area contributed by atoms with E-state index in [1.807, 2.05) is 0 Å². The third kappa shape index (κ3) is 5.24. The van der Waals surface area contributed by atoms with E-state index in [4.69, 9.17) is 4.74 Å². The van der Waals surface area contributed by atoms with Gasteiger partial charge in [-0.1, -0.05) is 11.8 Å². The number of nitrogens with one attached hydrogen (secondary N) is 1. The predicted octanol–water partition coefficient (Wildman–Crippen LogP) is 1.03. The fourth-order valence-electron chi connectivity index (χ4n) is 1.65. The molecule has 0 spiro atoms. The fourth-order valence-corrected chi connectivity index (χ4v) is 2.64. The molecule has 1 unspecified atom stereocenters. The van der Waals surface area contributed by atoms with Crippen LogP contribution in [0.15, 0.2) is 11.1 Å². The summed E-state index contributed by atoms with van der Waals surface area (Å²) in [7, 11) is 0. The number of amides is 2. The van der Waals surface area contributed by atoms with Crippen LogP contribution in [-0.4, -0.2) is 53.8 Å². The van der Waals surface area contributed by atoms with E-state index in [1.165, 1.54) is 6.92 Å². The van der Waals surface area contributed by atoms with Gasteiger partial charge in [-0.2, -0.15) is 13.2 Å². The Labute approximate surface area is 129 Å². The lowest BCUT2D eigenvalue weighted by Gasteiger charge is -2.24. The number of thioether (sulfide) groups is 1. The maximum Gasteiger partial charge on any atom is 0.405 e. The first-order valence-electron chi connectivity index (χ1n) is 6.33. The first-order valence-corrected chi connectivity index (χ1v) is 7.32. The molecular formula is C12H15F3N2O4S. The molecule has 1 aliphatic rings. The average molecular weight is 340 g/mol. The quantitative estimate of drug-likeness (QED) is 0.598. The second-order valence-electron chi connectivity index (χ2n) is 4.30. The van der Waals surface area contributed by atoms with Crippen LogP contribution in [0.4, 0.5) is 13.2 Å². The summed E-state index contributed by atoms with van der Waals surface area (Å²) in [5.74, 6) is -2.10. The second kappa shape index (κ2) is 7.52. The van der Waals surface area contributed by atoms with Gasteiger partial charge in [0.05, 0.1) is 23.5 Å². The van der Waals surface area contributed by atoms with E-state index in [0.717, 1.165) is 22.7 Å². The number of hydrogen-bond donors (Lipinski definition) is 1. The van der Waals surface area contributed by atoms with Crippen molar-refractivity contribution in [2.24, 2.45) is 0 Å². The molecule has 1 saturated heterocycles. The predicted molar refractivity (Wildman–Crippen MR) is 72.5 cm³/mol. The van der Waals surface area contributed by atoms with Crippen molar-refractivity contribution in [3.05, 3.63) is 11.1 Å². The Balaban J connectivity index is 2.79. The minimum absolute atomic E-state index is 0.00211. The minimum atomic E-state index is -4.54. The van der Waals surface area contributed by atoms with E-state index in [2.05, 4.69) is 0 Å². The number of hydrogen-bond acceptors (Lipinski definition) is 5. The van der Waals surface area contributed by atoms with Crippen LogP contribution in [0.25, 0.3) is 0 Å². The fraction of sp³-hybridized carbons (Fsp3) is 0.583. The summed E-state index contributed by atoms with van der Waals surface area (Å²) >= 11 is 1.02. The Morgan fingerprint density at radius 2 is 2.14 bits per heavy atom. The van der Waals surface area contributed by atoms with Gasteiger partial charge in [0, 0.05) is 0 Å². The van der Waals surface area contributed by atoms with E-state index in [1.54, 1.807) is 12.2 Å². The van der Waals surface area contributed by atoms with E-state index >= 15 is 0 Å². The zero-order valence-corrected chi connectivity index (χ0v) is 12.7. The summed E-state index contributed by atoms with van der Waals surface area (Å²) in [5, 5.41) is 1.89. The van der Waals surface area contributed by atoms with Gasteiger partial charge in [-0.15, -0.1) is 0 Å². The first-order chi connectivity index (χ1) is 10.2. The number of rotatable bonds is 5. The molecule has 6 nitrogen and oxygen atoms in total. The van der Waals surface area contributed by atoms with Crippen molar-refractivity contribution in [2.45, 2.75) is 26.1 Å². The SMILES string of the molecule is CCOC(=O)/C=C1\SCC(=O)N1C(C)C(=O)NCC(F)(F)F. The maximum atomic E-state index is 12.1. The molecule has 2 amide bonds. The Bertz CT molecular complexity index is 493. The number of carbonyl (C=O) groups excluding carboxylic acids is 3. The molecule has 1 N–H and O–H groups in total. The Kier molecular flexibility index (Phi) is 6.27. The van der Waals surface area contributed by atoms with Crippen LogP contribution >= 0.6 is 11.8 Å². The Morgan fingerprint density at radius 1 is 1.50 bits per heavy atom. The summed E-state index contributed by atoms with van der Waals surface area (Å²) in [6.07, 6.45) is -3.49. The number of ether oxygens (including phenoxy) is 1. The van der Waals surface area contributed by atoms with Gasteiger partial charge < -0.3 is 10.1 Å². The molecule has 0 saturated carbocycles. The Morgan fingerprint density at radius 3 is 2.68 bits per heavy atom. The third-order valence-corrected chi connectivity index (χ3v) is 3.61. The summed E-state index contributed by atoms with van der Waals surface area (Å²) in [6, 6.07) is -1.16. The zero-order valence-electron chi connectivity index (χ0n) is 11.9. The van der Waals surface area contributed by atoms with Crippen molar-refractivity contribution in [1.29, 1.82) is 0 Å². The molecule has 0 aliphatic carbocycles. The van der Waals surface area contributed by atoms with Gasteiger partial charge in [-0.3, -0.25) is 14.5 Å². The summed E-state index contributed by atoms with van der Waals surface area (Å²) in [6.45, 7) is 1.55. The van der Waals surface area contributed by atoms with Crippen molar-refractivity contribution >= 4 is 29.5 Å². The molecule has 1 rings (SSSR count). The highest BCUT2D eigenvalue weighted by atomic mass is 32.2. The number of alkyl halides is 3. The number of nitrogens with zero attached hydrogens (tertiary/aromatic N) is 1. The van der Waals surface area contributed by atoms with Crippen LogP contribution in [0, 0.1) is 0 Å². The van der Waals surface area contributed by atoms with E-state index in [0.29, 0.717) is 0 Å². The van der Waals surface area contributed by atoms with Crippen LogP contribution in [0.5, 0.6) is 0 Å².